The first-order chi connectivity index (χ1) is 11.9. The number of carbonyl (C=O) groups is 1. The molecule has 7 nitrogen and oxygen atoms in total. The minimum Gasteiger partial charge on any atom is -0.464 e. The first-order valence-electron chi connectivity index (χ1n) is 7.90. The van der Waals surface area contributed by atoms with Crippen molar-refractivity contribution in [2.75, 3.05) is 23.3 Å². The van der Waals surface area contributed by atoms with E-state index < -0.39 is 16.1 Å². The van der Waals surface area contributed by atoms with Gasteiger partial charge in [-0.05, 0) is 30.7 Å². The molecule has 2 heterocycles. The highest BCUT2D eigenvalue weighted by Crippen LogP contribution is 2.37. The number of pyridine rings is 1. The third-order valence-electron chi connectivity index (χ3n) is 4.04. The highest BCUT2D eigenvalue weighted by Gasteiger charge is 2.32. The van der Waals surface area contributed by atoms with E-state index in [9.17, 15) is 13.2 Å². The van der Waals surface area contributed by atoms with E-state index in [4.69, 9.17) is 4.74 Å². The molecule has 1 aliphatic heterocycles. The van der Waals surface area contributed by atoms with Crippen molar-refractivity contribution in [2.24, 2.45) is 0 Å². The molecule has 1 atom stereocenters. The highest BCUT2D eigenvalue weighted by molar-refractivity contribution is 7.92. The number of fused-ring (bicyclic) bond motifs is 1. The number of anilines is 2. The standard InChI is InChI=1S/C17H19N3O4S/c1-3-24-17(21)13-11-12-7-6-8-14(16(12)19-13)20(2)25(22,23)15-9-4-5-10-18-15/h4-10,13,19H,3,11H2,1-2H3. The number of nitrogens with one attached hydrogen (secondary N) is 1. The average Bonchev–Trinajstić information content (AvgIpc) is 3.06. The number of hydrogen-bond acceptors (Lipinski definition) is 6. The number of ether oxygens (including phenoxy) is 1. The van der Waals surface area contributed by atoms with Gasteiger partial charge in [-0.25, -0.2) is 9.78 Å². The van der Waals surface area contributed by atoms with E-state index in [0.717, 1.165) is 5.56 Å². The van der Waals surface area contributed by atoms with E-state index in [-0.39, 0.29) is 11.0 Å². The lowest BCUT2D eigenvalue weighted by Gasteiger charge is -2.22. The molecule has 132 valence electrons. The van der Waals surface area contributed by atoms with Crippen molar-refractivity contribution in [2.45, 2.75) is 24.4 Å². The Morgan fingerprint density at radius 3 is 2.80 bits per heavy atom. The Morgan fingerprint density at radius 2 is 2.12 bits per heavy atom. The largest absolute Gasteiger partial charge is 0.464 e. The molecule has 0 fully saturated rings. The van der Waals surface area contributed by atoms with Gasteiger partial charge in [0, 0.05) is 19.7 Å². The van der Waals surface area contributed by atoms with Crippen molar-refractivity contribution in [3.63, 3.8) is 0 Å². The monoisotopic (exact) mass is 361 g/mol. The van der Waals surface area contributed by atoms with E-state index in [1.165, 1.54) is 23.6 Å². The summed E-state index contributed by atoms with van der Waals surface area (Å²) in [5, 5.41) is 3.06. The van der Waals surface area contributed by atoms with Crippen LogP contribution in [0.25, 0.3) is 0 Å². The van der Waals surface area contributed by atoms with E-state index in [1.54, 1.807) is 31.2 Å². The molecule has 0 bridgehead atoms. The molecule has 1 aromatic carbocycles. The number of hydrogen-bond donors (Lipinski definition) is 1. The summed E-state index contributed by atoms with van der Waals surface area (Å²) in [5.41, 5.74) is 1.97. The van der Waals surface area contributed by atoms with Crippen LogP contribution in [0.1, 0.15) is 12.5 Å². The van der Waals surface area contributed by atoms with Crippen LogP contribution in [0.2, 0.25) is 0 Å². The number of sulfonamides is 1. The highest BCUT2D eigenvalue weighted by atomic mass is 32.2. The van der Waals surface area contributed by atoms with Gasteiger partial charge in [-0.1, -0.05) is 18.2 Å². The van der Waals surface area contributed by atoms with Crippen LogP contribution in [0.15, 0.2) is 47.6 Å². The predicted molar refractivity (Wildman–Crippen MR) is 94.0 cm³/mol. The minimum atomic E-state index is -3.80. The van der Waals surface area contributed by atoms with Crippen molar-refractivity contribution < 1.29 is 17.9 Å². The second kappa shape index (κ2) is 6.72. The van der Waals surface area contributed by atoms with Crippen LogP contribution < -0.4 is 9.62 Å². The van der Waals surface area contributed by atoms with Gasteiger partial charge < -0.3 is 10.1 Å². The molecule has 25 heavy (non-hydrogen) atoms. The summed E-state index contributed by atoms with van der Waals surface area (Å²) in [6, 6.07) is 9.55. The fourth-order valence-corrected chi connectivity index (χ4v) is 3.92. The summed E-state index contributed by atoms with van der Waals surface area (Å²) in [6.07, 6.45) is 1.89. The number of esters is 1. The molecule has 0 saturated heterocycles. The molecule has 0 saturated carbocycles. The summed E-state index contributed by atoms with van der Waals surface area (Å²) in [5.74, 6) is -0.347. The van der Waals surface area contributed by atoms with Gasteiger partial charge in [-0.15, -0.1) is 0 Å². The zero-order chi connectivity index (χ0) is 18.0. The van der Waals surface area contributed by atoms with Gasteiger partial charge in [0.25, 0.3) is 10.0 Å². The quantitative estimate of drug-likeness (QED) is 0.817. The Hall–Kier alpha value is -2.61. The lowest BCUT2D eigenvalue weighted by atomic mass is 10.1. The summed E-state index contributed by atoms with van der Waals surface area (Å²) >= 11 is 0. The second-order valence-electron chi connectivity index (χ2n) is 5.60. The van der Waals surface area contributed by atoms with Crippen LogP contribution in [0, 0.1) is 0 Å². The van der Waals surface area contributed by atoms with Crippen LogP contribution in [0.4, 0.5) is 11.4 Å². The number of rotatable bonds is 5. The molecule has 0 aliphatic carbocycles. The molecule has 8 heteroatoms. The van der Waals surface area contributed by atoms with Crippen LogP contribution in [-0.4, -0.2) is 39.1 Å². The lowest BCUT2D eigenvalue weighted by molar-refractivity contribution is -0.143. The van der Waals surface area contributed by atoms with Gasteiger partial charge in [0.1, 0.15) is 6.04 Å². The van der Waals surface area contributed by atoms with Crippen molar-refractivity contribution in [1.29, 1.82) is 0 Å². The second-order valence-corrected chi connectivity index (χ2v) is 7.52. The molecule has 1 N–H and O–H groups in total. The van der Waals surface area contributed by atoms with Crippen LogP contribution in [0.5, 0.6) is 0 Å². The van der Waals surface area contributed by atoms with Gasteiger partial charge in [0.05, 0.1) is 18.0 Å². The maximum atomic E-state index is 12.8. The van der Waals surface area contributed by atoms with Gasteiger partial charge in [-0.3, -0.25) is 4.31 Å². The lowest BCUT2D eigenvalue weighted by Crippen LogP contribution is -2.30. The fourth-order valence-electron chi connectivity index (χ4n) is 2.79. The molecule has 1 aliphatic rings. The summed E-state index contributed by atoms with van der Waals surface area (Å²) in [4.78, 5) is 15.9. The predicted octanol–water partition coefficient (Wildman–Crippen LogP) is 1.81. The number of benzene rings is 1. The number of para-hydroxylation sites is 1. The normalized spacial score (nSPS) is 16.0. The first kappa shape index (κ1) is 17.2. The first-order valence-corrected chi connectivity index (χ1v) is 9.34. The molecule has 0 amide bonds. The molecule has 1 aromatic heterocycles. The third-order valence-corrected chi connectivity index (χ3v) is 5.73. The summed E-state index contributed by atoms with van der Waals surface area (Å²) in [6.45, 7) is 2.05. The topological polar surface area (TPSA) is 88.6 Å². The third kappa shape index (κ3) is 3.17. The molecule has 3 rings (SSSR count). The zero-order valence-electron chi connectivity index (χ0n) is 14.0. The fraction of sp³-hybridized carbons (Fsp3) is 0.294. The Labute approximate surface area is 146 Å². The average molecular weight is 361 g/mol. The van der Waals surface area contributed by atoms with Crippen molar-refractivity contribution in [1.82, 2.24) is 4.98 Å². The maximum Gasteiger partial charge on any atom is 0.328 e. The molecular weight excluding hydrogens is 342 g/mol. The molecule has 2 aromatic rings. The smallest absolute Gasteiger partial charge is 0.328 e. The maximum absolute atomic E-state index is 12.8. The van der Waals surface area contributed by atoms with Gasteiger partial charge >= 0.3 is 5.97 Å². The summed E-state index contributed by atoms with van der Waals surface area (Å²) in [7, 11) is -2.32. The van der Waals surface area contributed by atoms with Gasteiger partial charge in [-0.2, -0.15) is 8.42 Å². The molecular formula is C17H19N3O4S. The Kier molecular flexibility index (Phi) is 4.63. The Balaban J connectivity index is 1.94. The zero-order valence-corrected chi connectivity index (χ0v) is 14.8. The minimum absolute atomic E-state index is 0.0324. The summed E-state index contributed by atoms with van der Waals surface area (Å²) < 4.78 is 31.8. The Bertz CT molecular complexity index is 884. The van der Waals surface area contributed by atoms with Crippen LogP contribution >= 0.6 is 0 Å². The SMILES string of the molecule is CCOC(=O)C1Cc2cccc(N(C)S(=O)(=O)c3ccccn3)c2N1. The molecule has 0 spiro atoms. The van der Waals surface area contributed by atoms with Gasteiger partial charge in [0.2, 0.25) is 0 Å². The number of carbonyl (C=O) groups excluding carboxylic acids is 1. The molecule has 1 unspecified atom stereocenters. The van der Waals surface area contributed by atoms with E-state index in [1.807, 2.05) is 6.07 Å². The molecule has 0 radical (unpaired) electrons. The Morgan fingerprint density at radius 1 is 1.32 bits per heavy atom. The van der Waals surface area contributed by atoms with E-state index in [0.29, 0.717) is 24.4 Å². The van der Waals surface area contributed by atoms with Crippen molar-refractivity contribution in [3.8, 4) is 0 Å². The van der Waals surface area contributed by atoms with E-state index >= 15 is 0 Å². The van der Waals surface area contributed by atoms with E-state index in [2.05, 4.69) is 10.3 Å². The van der Waals surface area contributed by atoms with Crippen molar-refractivity contribution >= 4 is 27.4 Å². The van der Waals surface area contributed by atoms with Gasteiger partial charge in [0.15, 0.2) is 5.03 Å². The number of aromatic nitrogens is 1. The van der Waals surface area contributed by atoms with Crippen molar-refractivity contribution in [3.05, 3.63) is 48.2 Å². The van der Waals surface area contributed by atoms with Crippen LogP contribution in [-0.2, 0) is 26.0 Å². The number of nitrogens with zero attached hydrogens (tertiary/aromatic N) is 2. The van der Waals surface area contributed by atoms with Crippen LogP contribution in [0.3, 0.4) is 0 Å².